The van der Waals surface area contributed by atoms with Gasteiger partial charge in [0.05, 0.1) is 12.4 Å². The van der Waals surface area contributed by atoms with Gasteiger partial charge in [-0.25, -0.2) is 4.98 Å². The maximum Gasteiger partial charge on any atom is 0.271 e. The van der Waals surface area contributed by atoms with Crippen molar-refractivity contribution in [3.8, 4) is 10.8 Å². The van der Waals surface area contributed by atoms with E-state index in [9.17, 15) is 9.90 Å². The van der Waals surface area contributed by atoms with Crippen LogP contribution in [0.25, 0.3) is 10.8 Å². The minimum atomic E-state index is -0.442. The summed E-state index contributed by atoms with van der Waals surface area (Å²) in [4.78, 5) is 17.3. The van der Waals surface area contributed by atoms with Crippen LogP contribution in [0.3, 0.4) is 0 Å². The number of rotatable bonds is 5. The summed E-state index contributed by atoms with van der Waals surface area (Å²) in [6.07, 6.45) is 3.24. The fourth-order valence-corrected chi connectivity index (χ4v) is 2.92. The molecular formula is C14H16N2O3S. The molecule has 0 saturated heterocycles. The van der Waals surface area contributed by atoms with Crippen molar-refractivity contribution in [2.75, 3.05) is 6.54 Å². The maximum absolute atomic E-state index is 12.1. The summed E-state index contributed by atoms with van der Waals surface area (Å²) < 4.78 is 5.28. The third-order valence-electron chi connectivity index (χ3n) is 3.38. The van der Waals surface area contributed by atoms with Crippen LogP contribution in [0, 0.1) is 12.8 Å². The minimum absolute atomic E-state index is 0.240. The zero-order valence-electron chi connectivity index (χ0n) is 11.1. The van der Waals surface area contributed by atoms with Crippen LogP contribution in [0.4, 0.5) is 0 Å². The number of aliphatic hydroxyl groups is 1. The molecule has 106 valence electrons. The molecule has 0 bridgehead atoms. The van der Waals surface area contributed by atoms with Crippen LogP contribution in [0.15, 0.2) is 22.8 Å². The molecule has 0 radical (unpaired) electrons. The fourth-order valence-electron chi connectivity index (χ4n) is 2.04. The van der Waals surface area contributed by atoms with Gasteiger partial charge in [-0.2, -0.15) is 0 Å². The van der Waals surface area contributed by atoms with Gasteiger partial charge in [0.15, 0.2) is 10.8 Å². The van der Waals surface area contributed by atoms with E-state index < -0.39 is 6.10 Å². The Morgan fingerprint density at radius 2 is 2.45 bits per heavy atom. The molecular weight excluding hydrogens is 276 g/mol. The number of nitrogens with one attached hydrogen (secondary N) is 1. The van der Waals surface area contributed by atoms with Crippen LogP contribution in [0.2, 0.25) is 0 Å². The Morgan fingerprint density at radius 1 is 1.65 bits per heavy atom. The van der Waals surface area contributed by atoms with Crippen LogP contribution in [-0.2, 0) is 0 Å². The molecule has 0 spiro atoms. The van der Waals surface area contributed by atoms with Crippen LogP contribution in [-0.4, -0.2) is 28.6 Å². The molecule has 1 aliphatic carbocycles. The van der Waals surface area contributed by atoms with Gasteiger partial charge in [0.1, 0.15) is 5.69 Å². The molecule has 2 aromatic rings. The van der Waals surface area contributed by atoms with E-state index in [1.807, 2.05) is 13.0 Å². The molecule has 2 N–H and O–H groups in total. The number of hydrogen-bond acceptors (Lipinski definition) is 5. The molecule has 20 heavy (non-hydrogen) atoms. The minimum Gasteiger partial charge on any atom is -0.462 e. The van der Waals surface area contributed by atoms with Crippen molar-refractivity contribution >= 4 is 17.2 Å². The highest BCUT2D eigenvalue weighted by molar-refractivity contribution is 7.15. The molecule has 0 aromatic carbocycles. The van der Waals surface area contributed by atoms with Crippen molar-refractivity contribution in [2.45, 2.75) is 25.9 Å². The Bertz CT molecular complexity index is 602. The number of carbonyl (C=O) groups excluding carboxylic acids is 1. The highest BCUT2D eigenvalue weighted by atomic mass is 32.1. The molecule has 2 heterocycles. The van der Waals surface area contributed by atoms with Crippen molar-refractivity contribution in [1.82, 2.24) is 10.3 Å². The standard InChI is InChI=1S/C14H16N2O3S/c1-8-12(13(18)15-7-10(17)9-4-5-9)16-14(20-8)11-3-2-6-19-11/h2-3,6,9-10,17H,4-5,7H2,1H3,(H,15,18). The fraction of sp³-hybridized carbons (Fsp3) is 0.429. The largest absolute Gasteiger partial charge is 0.462 e. The lowest BCUT2D eigenvalue weighted by Crippen LogP contribution is -2.33. The zero-order chi connectivity index (χ0) is 14.1. The normalized spacial score (nSPS) is 16.1. The summed E-state index contributed by atoms with van der Waals surface area (Å²) >= 11 is 1.43. The zero-order valence-corrected chi connectivity index (χ0v) is 11.9. The van der Waals surface area contributed by atoms with Crippen molar-refractivity contribution in [3.63, 3.8) is 0 Å². The van der Waals surface area contributed by atoms with Gasteiger partial charge in [-0.3, -0.25) is 4.79 Å². The molecule has 0 aliphatic heterocycles. The predicted octanol–water partition coefficient (Wildman–Crippen LogP) is 2.21. The number of nitrogens with zero attached hydrogens (tertiary/aromatic N) is 1. The van der Waals surface area contributed by atoms with Crippen LogP contribution < -0.4 is 5.32 Å². The summed E-state index contributed by atoms with van der Waals surface area (Å²) in [7, 11) is 0. The summed E-state index contributed by atoms with van der Waals surface area (Å²) in [5, 5.41) is 13.2. The van der Waals surface area contributed by atoms with Gasteiger partial charge in [0.2, 0.25) is 0 Å². The van der Waals surface area contributed by atoms with E-state index in [-0.39, 0.29) is 12.5 Å². The summed E-state index contributed by atoms with van der Waals surface area (Å²) in [5.41, 5.74) is 0.407. The summed E-state index contributed by atoms with van der Waals surface area (Å²) in [6.45, 7) is 2.15. The van der Waals surface area contributed by atoms with Crippen molar-refractivity contribution in [2.24, 2.45) is 5.92 Å². The second-order valence-electron chi connectivity index (χ2n) is 5.02. The molecule has 5 nitrogen and oxygen atoms in total. The van der Waals surface area contributed by atoms with Gasteiger partial charge in [-0.05, 0) is 37.8 Å². The molecule has 6 heteroatoms. The van der Waals surface area contributed by atoms with Gasteiger partial charge < -0.3 is 14.8 Å². The quantitative estimate of drug-likeness (QED) is 0.886. The van der Waals surface area contributed by atoms with Crippen molar-refractivity contribution in [1.29, 1.82) is 0 Å². The second-order valence-corrected chi connectivity index (χ2v) is 6.22. The first-order valence-corrected chi connectivity index (χ1v) is 7.44. The number of aromatic nitrogens is 1. The van der Waals surface area contributed by atoms with E-state index in [0.29, 0.717) is 22.4 Å². The Balaban J connectivity index is 1.68. The van der Waals surface area contributed by atoms with Gasteiger partial charge >= 0.3 is 0 Å². The van der Waals surface area contributed by atoms with E-state index in [4.69, 9.17) is 4.42 Å². The molecule has 1 amide bonds. The number of carbonyl (C=O) groups is 1. The van der Waals surface area contributed by atoms with Gasteiger partial charge in [-0.1, -0.05) is 0 Å². The summed E-state index contributed by atoms with van der Waals surface area (Å²) in [5.74, 6) is 0.775. The van der Waals surface area contributed by atoms with Gasteiger partial charge in [0.25, 0.3) is 5.91 Å². The first kappa shape index (κ1) is 13.3. The average Bonchev–Trinajstić information content (AvgIpc) is 2.99. The lowest BCUT2D eigenvalue weighted by Gasteiger charge is -2.09. The maximum atomic E-state index is 12.1. The Labute approximate surface area is 120 Å². The molecule has 1 saturated carbocycles. The van der Waals surface area contributed by atoms with E-state index >= 15 is 0 Å². The Morgan fingerprint density at radius 3 is 3.10 bits per heavy atom. The Kier molecular flexibility index (Phi) is 3.58. The van der Waals surface area contributed by atoms with Gasteiger partial charge in [-0.15, -0.1) is 11.3 Å². The topological polar surface area (TPSA) is 75.4 Å². The number of amides is 1. The van der Waals surface area contributed by atoms with Crippen molar-refractivity contribution < 1.29 is 14.3 Å². The van der Waals surface area contributed by atoms with Crippen molar-refractivity contribution in [3.05, 3.63) is 29.0 Å². The molecule has 1 unspecified atom stereocenters. The van der Waals surface area contributed by atoms with E-state index in [2.05, 4.69) is 10.3 Å². The molecule has 1 fully saturated rings. The molecule has 1 aliphatic rings. The number of aliphatic hydroxyl groups excluding tert-OH is 1. The molecule has 3 rings (SSSR count). The average molecular weight is 292 g/mol. The Hall–Kier alpha value is -1.66. The second kappa shape index (κ2) is 5.38. The first-order valence-electron chi connectivity index (χ1n) is 6.62. The first-order chi connectivity index (χ1) is 9.65. The van der Waals surface area contributed by atoms with Crippen LogP contribution in [0.1, 0.15) is 28.2 Å². The molecule has 2 aromatic heterocycles. The monoisotopic (exact) mass is 292 g/mol. The highest BCUT2D eigenvalue weighted by Gasteiger charge is 2.30. The summed E-state index contributed by atoms with van der Waals surface area (Å²) in [6, 6.07) is 3.61. The predicted molar refractivity (Wildman–Crippen MR) is 75.6 cm³/mol. The number of furan rings is 1. The lowest BCUT2D eigenvalue weighted by molar-refractivity contribution is 0.0896. The molecule has 1 atom stereocenters. The van der Waals surface area contributed by atoms with E-state index in [1.54, 1.807) is 12.3 Å². The highest BCUT2D eigenvalue weighted by Crippen LogP contribution is 2.32. The third kappa shape index (κ3) is 2.76. The number of thiazole rings is 1. The SMILES string of the molecule is Cc1sc(-c2ccco2)nc1C(=O)NCC(O)C1CC1. The van der Waals surface area contributed by atoms with Crippen LogP contribution in [0.5, 0.6) is 0 Å². The number of aryl methyl sites for hydroxylation is 1. The third-order valence-corrected chi connectivity index (χ3v) is 4.37. The van der Waals surface area contributed by atoms with Gasteiger partial charge in [0, 0.05) is 11.4 Å². The van der Waals surface area contributed by atoms with E-state index in [1.165, 1.54) is 11.3 Å². The number of hydrogen-bond donors (Lipinski definition) is 2. The smallest absolute Gasteiger partial charge is 0.271 e. The van der Waals surface area contributed by atoms with Crippen LogP contribution >= 0.6 is 11.3 Å². The lowest BCUT2D eigenvalue weighted by atomic mass is 10.2. The van der Waals surface area contributed by atoms with E-state index in [0.717, 1.165) is 17.7 Å².